The Morgan fingerprint density at radius 3 is 0.897 bits per heavy atom. The first-order valence-electron chi connectivity index (χ1n) is 22.5. The zero-order chi connectivity index (χ0) is 50.3. The Labute approximate surface area is 406 Å². The predicted molar refractivity (Wildman–Crippen MR) is 269 cm³/mol. The third kappa shape index (κ3) is 17.9. The Balaban J connectivity index is 0.000000360. The highest BCUT2D eigenvalue weighted by Gasteiger charge is 2.38. The number of sulfonamides is 2. The van der Waals surface area contributed by atoms with E-state index in [0.29, 0.717) is 35.8 Å². The van der Waals surface area contributed by atoms with Crippen LogP contribution in [0.4, 0.5) is 0 Å². The number of benzene rings is 4. The Morgan fingerprint density at radius 2 is 0.706 bits per heavy atom. The molecular formula is C52H74N2O12S2. The molecule has 4 aromatic carbocycles. The van der Waals surface area contributed by atoms with Crippen molar-refractivity contribution in [1.82, 2.24) is 8.61 Å². The van der Waals surface area contributed by atoms with Crippen molar-refractivity contribution >= 4 is 20.0 Å². The molecule has 0 amide bonds. The van der Waals surface area contributed by atoms with E-state index < -0.39 is 42.8 Å². The van der Waals surface area contributed by atoms with Crippen LogP contribution in [-0.2, 0) is 55.7 Å². The average Bonchev–Trinajstić information content (AvgIpc) is 3.33. The number of rotatable bonds is 30. The van der Waals surface area contributed by atoms with E-state index >= 15 is 0 Å². The van der Waals surface area contributed by atoms with Crippen molar-refractivity contribution in [2.45, 2.75) is 88.4 Å². The van der Waals surface area contributed by atoms with Gasteiger partial charge >= 0.3 is 0 Å². The SMILES string of the molecule is C=CC[C@H](C)[C@@H](C[C@@H](O)COC)S(=O)(=O)N(Cc1ccc(OC)cc1)Cc1ccc(OC)cc1.C=CC[C@H](C)[C@H](C[C@@H](O)COC)S(=O)(=O)N(Cc1ccc(OC)cc1)Cc1ccc(OC)cc1. The van der Waals surface area contributed by atoms with Crippen LogP contribution in [-0.4, -0.2) is 114 Å². The Morgan fingerprint density at radius 1 is 0.471 bits per heavy atom. The van der Waals surface area contributed by atoms with Gasteiger partial charge in [-0.15, -0.1) is 13.2 Å². The molecule has 0 bridgehead atoms. The van der Waals surface area contributed by atoms with Crippen LogP contribution in [0.25, 0.3) is 0 Å². The van der Waals surface area contributed by atoms with Crippen molar-refractivity contribution in [2.24, 2.45) is 11.8 Å². The second-order valence-electron chi connectivity index (χ2n) is 16.8. The van der Waals surface area contributed by atoms with Crippen LogP contribution < -0.4 is 18.9 Å². The molecule has 0 aliphatic rings. The molecule has 16 heteroatoms. The normalized spacial score (nSPS) is 14.4. The van der Waals surface area contributed by atoms with Gasteiger partial charge in [0.25, 0.3) is 0 Å². The van der Waals surface area contributed by atoms with Crippen LogP contribution in [0.15, 0.2) is 122 Å². The van der Waals surface area contributed by atoms with E-state index in [4.69, 9.17) is 28.4 Å². The van der Waals surface area contributed by atoms with Gasteiger partial charge in [0.15, 0.2) is 0 Å². The van der Waals surface area contributed by atoms with Gasteiger partial charge in [0.05, 0.1) is 64.4 Å². The van der Waals surface area contributed by atoms with Crippen LogP contribution in [0.1, 0.15) is 61.8 Å². The summed E-state index contributed by atoms with van der Waals surface area (Å²) in [6.07, 6.45) is 2.84. The van der Waals surface area contributed by atoms with E-state index in [1.54, 1.807) is 40.6 Å². The molecule has 6 atom stereocenters. The Hall–Kier alpha value is -4.78. The molecule has 0 heterocycles. The fourth-order valence-electron chi connectivity index (χ4n) is 7.77. The lowest BCUT2D eigenvalue weighted by molar-refractivity contribution is 0.0557. The number of hydrogen-bond donors (Lipinski definition) is 2. The number of aliphatic hydroxyl groups excluding tert-OH is 2. The first-order chi connectivity index (χ1) is 32.5. The van der Waals surface area contributed by atoms with E-state index in [1.807, 2.05) is 111 Å². The molecule has 0 spiro atoms. The van der Waals surface area contributed by atoms with Crippen LogP contribution in [0, 0.1) is 11.8 Å². The van der Waals surface area contributed by atoms with Crippen molar-refractivity contribution in [3.63, 3.8) is 0 Å². The first-order valence-corrected chi connectivity index (χ1v) is 25.6. The number of nitrogens with zero attached hydrogens (tertiary/aromatic N) is 2. The minimum Gasteiger partial charge on any atom is -0.497 e. The van der Waals surface area contributed by atoms with Gasteiger partial charge in [-0.05, 0) is 108 Å². The van der Waals surface area contributed by atoms with E-state index in [1.165, 1.54) is 22.8 Å². The molecule has 0 aliphatic heterocycles. The van der Waals surface area contributed by atoms with Crippen LogP contribution in [0.3, 0.4) is 0 Å². The number of aliphatic hydroxyl groups is 2. The largest absolute Gasteiger partial charge is 0.497 e. The summed E-state index contributed by atoms with van der Waals surface area (Å²) in [5, 5.41) is 19.2. The van der Waals surface area contributed by atoms with Crippen molar-refractivity contribution in [1.29, 1.82) is 0 Å². The maximum absolute atomic E-state index is 14.0. The van der Waals surface area contributed by atoms with Crippen molar-refractivity contribution in [2.75, 3.05) is 55.9 Å². The van der Waals surface area contributed by atoms with Crippen molar-refractivity contribution < 1.29 is 55.5 Å². The van der Waals surface area contributed by atoms with Gasteiger partial charge in [-0.3, -0.25) is 0 Å². The summed E-state index contributed by atoms with van der Waals surface area (Å²) in [5.41, 5.74) is 3.35. The van der Waals surface area contributed by atoms with E-state index in [-0.39, 0.29) is 64.1 Å². The zero-order valence-electron chi connectivity index (χ0n) is 41.0. The monoisotopic (exact) mass is 982 g/mol. The molecule has 0 unspecified atom stereocenters. The van der Waals surface area contributed by atoms with Crippen LogP contribution in [0.5, 0.6) is 23.0 Å². The summed E-state index contributed by atoms with van der Waals surface area (Å²) in [5.74, 6) is 2.34. The van der Waals surface area contributed by atoms with E-state index in [9.17, 15) is 27.0 Å². The Kier molecular flexibility index (Phi) is 24.8. The summed E-state index contributed by atoms with van der Waals surface area (Å²) in [7, 11) is 1.69. The third-order valence-corrected chi connectivity index (χ3v) is 16.4. The third-order valence-electron chi connectivity index (χ3n) is 11.6. The summed E-state index contributed by atoms with van der Waals surface area (Å²) < 4.78 is 90.1. The average molecular weight is 983 g/mol. The fourth-order valence-corrected chi connectivity index (χ4v) is 12.2. The standard InChI is InChI=1S/2C26H37NO6S/c2*1-6-7-20(2)26(16-23(28)19-31-3)34(29,30)27(17-21-8-12-24(32-4)13-9-21)18-22-10-14-25(33-5)15-11-22/h2*6,8-15,20,23,26,28H,1,7,16-19H2,2-5H3/t20-,23+,26+;20-,23+,26-/m00/s1. The highest BCUT2D eigenvalue weighted by atomic mass is 32.2. The van der Waals surface area contributed by atoms with Crippen LogP contribution >= 0.6 is 0 Å². The number of methoxy groups -OCH3 is 6. The van der Waals surface area contributed by atoms with Gasteiger partial charge < -0.3 is 38.6 Å². The molecule has 376 valence electrons. The molecule has 0 fully saturated rings. The summed E-state index contributed by atoms with van der Waals surface area (Å²) in [6.45, 7) is 12.2. The topological polar surface area (TPSA) is 171 Å². The molecule has 0 aliphatic carbocycles. The predicted octanol–water partition coefficient (Wildman–Crippen LogP) is 8.03. The second-order valence-corrected chi connectivity index (χ2v) is 21.1. The molecule has 68 heavy (non-hydrogen) atoms. The second kappa shape index (κ2) is 29.3. The molecule has 4 rings (SSSR count). The summed E-state index contributed by atoms with van der Waals surface area (Å²) in [6, 6.07) is 29.4. The maximum atomic E-state index is 14.0. The molecule has 2 N–H and O–H groups in total. The van der Waals surface area contributed by atoms with Gasteiger partial charge in [-0.2, -0.15) is 8.61 Å². The lowest BCUT2D eigenvalue weighted by Crippen LogP contribution is -2.43. The van der Waals surface area contributed by atoms with E-state index in [0.717, 1.165) is 22.3 Å². The van der Waals surface area contributed by atoms with Crippen molar-refractivity contribution in [3.05, 3.63) is 145 Å². The Bertz CT molecular complexity index is 2010. The molecule has 0 radical (unpaired) electrons. The molecule has 14 nitrogen and oxygen atoms in total. The summed E-state index contributed by atoms with van der Waals surface area (Å²) >= 11 is 0. The number of hydrogen-bond acceptors (Lipinski definition) is 12. The molecule has 0 aromatic heterocycles. The minimum atomic E-state index is -3.82. The lowest BCUT2D eigenvalue weighted by Gasteiger charge is -2.32. The van der Waals surface area contributed by atoms with Gasteiger partial charge in [0.1, 0.15) is 23.0 Å². The van der Waals surface area contributed by atoms with Gasteiger partial charge in [-0.25, -0.2) is 16.8 Å². The minimum absolute atomic E-state index is 0.0732. The molecule has 0 saturated carbocycles. The summed E-state index contributed by atoms with van der Waals surface area (Å²) in [4.78, 5) is 0. The molecule has 4 aromatic rings. The molecular weight excluding hydrogens is 909 g/mol. The molecule has 0 saturated heterocycles. The lowest BCUT2D eigenvalue weighted by atomic mass is 9.99. The highest BCUT2D eigenvalue weighted by Crippen LogP contribution is 2.30. The highest BCUT2D eigenvalue weighted by molar-refractivity contribution is 7.90. The zero-order valence-corrected chi connectivity index (χ0v) is 42.7. The number of ether oxygens (including phenoxy) is 6. The first kappa shape index (κ1) is 57.5. The smallest absolute Gasteiger partial charge is 0.217 e. The fraction of sp³-hybridized carbons (Fsp3) is 0.462. The van der Waals surface area contributed by atoms with E-state index in [2.05, 4.69) is 13.2 Å². The maximum Gasteiger partial charge on any atom is 0.217 e. The van der Waals surface area contributed by atoms with Gasteiger partial charge in [0.2, 0.25) is 20.0 Å². The van der Waals surface area contributed by atoms with Gasteiger partial charge in [-0.1, -0.05) is 74.5 Å². The van der Waals surface area contributed by atoms with Gasteiger partial charge in [0, 0.05) is 40.4 Å². The van der Waals surface area contributed by atoms with Crippen molar-refractivity contribution in [3.8, 4) is 23.0 Å². The number of allylic oxidation sites excluding steroid dienone is 2. The van der Waals surface area contributed by atoms with Crippen LogP contribution in [0.2, 0.25) is 0 Å². The quantitative estimate of drug-likeness (QED) is 0.0483.